The lowest BCUT2D eigenvalue weighted by atomic mass is 9.74. The summed E-state index contributed by atoms with van der Waals surface area (Å²) in [5.74, 6) is 0.635. The number of amides is 2. The van der Waals surface area contributed by atoms with Crippen molar-refractivity contribution < 1.29 is 22.7 Å². The smallest absolute Gasteiger partial charge is 0.410 e. The first-order valence-electron chi connectivity index (χ1n) is 13.3. The molecule has 0 unspecified atom stereocenters. The van der Waals surface area contributed by atoms with Crippen LogP contribution in [0.4, 0.5) is 10.5 Å². The Morgan fingerprint density at radius 1 is 1.18 bits per heavy atom. The van der Waals surface area contributed by atoms with Crippen molar-refractivity contribution in [2.75, 3.05) is 30.0 Å². The molecule has 1 aromatic carbocycles. The number of rotatable bonds is 6. The number of carbonyl (C=O) groups is 2. The van der Waals surface area contributed by atoms with Crippen LogP contribution in [0.25, 0.3) is 11.0 Å². The molecule has 40 heavy (non-hydrogen) atoms. The lowest BCUT2D eigenvalue weighted by molar-refractivity contribution is -0.125. The van der Waals surface area contributed by atoms with Gasteiger partial charge in [0.15, 0.2) is 0 Å². The van der Waals surface area contributed by atoms with Crippen LogP contribution in [0.15, 0.2) is 36.7 Å². The van der Waals surface area contributed by atoms with Crippen molar-refractivity contribution in [3.8, 4) is 0 Å². The van der Waals surface area contributed by atoms with Gasteiger partial charge in [-0.15, -0.1) is 0 Å². The van der Waals surface area contributed by atoms with E-state index in [4.69, 9.17) is 21.3 Å². The van der Waals surface area contributed by atoms with E-state index < -0.39 is 20.9 Å². The number of carbonyl (C=O) groups excluding carboxylic acids is 2. The molecule has 2 aliphatic heterocycles. The molecule has 4 heterocycles. The van der Waals surface area contributed by atoms with Crippen LogP contribution in [0.2, 0.25) is 5.02 Å². The molecule has 214 valence electrons. The molecule has 0 bridgehead atoms. The number of aromatic nitrogens is 3. The molecule has 2 aliphatic rings. The van der Waals surface area contributed by atoms with E-state index in [-0.39, 0.29) is 24.3 Å². The first-order valence-corrected chi connectivity index (χ1v) is 15.8. The summed E-state index contributed by atoms with van der Waals surface area (Å²) in [6.45, 7) is 6.93. The van der Waals surface area contributed by atoms with Crippen LogP contribution < -0.4 is 4.90 Å². The summed E-state index contributed by atoms with van der Waals surface area (Å²) >= 11 is 6.23. The van der Waals surface area contributed by atoms with Crippen LogP contribution in [-0.2, 0) is 37.9 Å². The number of nitrogens with zero attached hydrogens (tertiary/aromatic N) is 5. The maximum atomic E-state index is 14.2. The second-order valence-corrected chi connectivity index (χ2v) is 14.3. The van der Waals surface area contributed by atoms with E-state index in [1.54, 1.807) is 34.3 Å². The number of hydrogen-bond acceptors (Lipinski definition) is 7. The number of benzene rings is 1. The number of aryl methyl sites for hydroxylation is 1. The average molecular weight is 588 g/mol. The van der Waals surface area contributed by atoms with Crippen LogP contribution in [0.1, 0.15) is 51.4 Å². The molecule has 0 atom stereocenters. The van der Waals surface area contributed by atoms with Crippen molar-refractivity contribution >= 4 is 50.2 Å². The fourth-order valence-electron chi connectivity index (χ4n) is 5.68. The second kappa shape index (κ2) is 10.3. The number of halogens is 1. The number of likely N-dealkylation sites (tertiary alicyclic amines) is 1. The molecule has 0 aliphatic carbocycles. The number of ether oxygens (including phenoxy) is 1. The highest BCUT2D eigenvalue weighted by Crippen LogP contribution is 2.48. The van der Waals surface area contributed by atoms with E-state index in [9.17, 15) is 18.0 Å². The highest BCUT2D eigenvalue weighted by molar-refractivity contribution is 7.90. The van der Waals surface area contributed by atoms with Crippen LogP contribution in [0.5, 0.6) is 0 Å². The molecular formula is C28H34ClN5O5S. The number of imidazole rings is 1. The quantitative estimate of drug-likeness (QED) is 0.421. The van der Waals surface area contributed by atoms with E-state index in [0.29, 0.717) is 55.3 Å². The second-order valence-electron chi connectivity index (χ2n) is 11.6. The topological polar surface area (TPSA) is 115 Å². The van der Waals surface area contributed by atoms with Gasteiger partial charge in [-0.1, -0.05) is 11.6 Å². The Labute approximate surface area is 239 Å². The molecule has 3 aromatic rings. The van der Waals surface area contributed by atoms with Gasteiger partial charge >= 0.3 is 6.09 Å². The Morgan fingerprint density at radius 3 is 2.58 bits per heavy atom. The maximum Gasteiger partial charge on any atom is 0.410 e. The normalized spacial score (nSPS) is 17.1. The van der Waals surface area contributed by atoms with Gasteiger partial charge in [-0.3, -0.25) is 9.78 Å². The van der Waals surface area contributed by atoms with Crippen LogP contribution in [-0.4, -0.2) is 70.6 Å². The maximum absolute atomic E-state index is 14.2. The molecule has 0 radical (unpaired) electrons. The minimum absolute atomic E-state index is 0.0480. The standard InChI is InChI=1S/C28H34ClN5O5S/c1-27(2,3)39-26(36)32-13-9-28(10-14-32)20-8-11-30-17-23(20)34(25(28)35)18-24-31-21-16-19(29)6-7-22(21)33(24)12-5-15-40(4,37)38/h6-8,11,16-17H,5,9-10,12-15,18H2,1-4H3. The summed E-state index contributed by atoms with van der Waals surface area (Å²) < 4.78 is 31.1. The highest BCUT2D eigenvalue weighted by Gasteiger charge is 2.53. The molecule has 10 nitrogen and oxygen atoms in total. The predicted molar refractivity (Wildman–Crippen MR) is 153 cm³/mol. The molecule has 2 amide bonds. The summed E-state index contributed by atoms with van der Waals surface area (Å²) in [5, 5.41) is 0.544. The average Bonchev–Trinajstić information content (AvgIpc) is 3.31. The fraction of sp³-hybridized carbons (Fsp3) is 0.500. The van der Waals surface area contributed by atoms with E-state index in [1.165, 1.54) is 6.26 Å². The van der Waals surface area contributed by atoms with Gasteiger partial charge in [0.2, 0.25) is 5.91 Å². The van der Waals surface area contributed by atoms with Crippen molar-refractivity contribution in [1.29, 1.82) is 0 Å². The summed E-state index contributed by atoms with van der Waals surface area (Å²) in [4.78, 5) is 39.4. The van der Waals surface area contributed by atoms with Crippen molar-refractivity contribution in [3.63, 3.8) is 0 Å². The number of fused-ring (bicyclic) bond motifs is 3. The van der Waals surface area contributed by atoms with Gasteiger partial charge in [-0.25, -0.2) is 18.2 Å². The number of sulfone groups is 1. The molecule has 5 rings (SSSR count). The minimum Gasteiger partial charge on any atom is -0.444 e. The number of anilines is 1. The van der Waals surface area contributed by atoms with E-state index >= 15 is 0 Å². The highest BCUT2D eigenvalue weighted by atomic mass is 35.5. The van der Waals surface area contributed by atoms with Gasteiger partial charge < -0.3 is 19.1 Å². The zero-order valence-corrected chi connectivity index (χ0v) is 24.8. The zero-order valence-electron chi connectivity index (χ0n) is 23.2. The lowest BCUT2D eigenvalue weighted by Gasteiger charge is -2.38. The van der Waals surface area contributed by atoms with Gasteiger partial charge in [0.1, 0.15) is 21.3 Å². The van der Waals surface area contributed by atoms with Crippen molar-refractivity contribution in [2.24, 2.45) is 0 Å². The van der Waals surface area contributed by atoms with Gasteiger partial charge in [0.05, 0.1) is 40.6 Å². The van der Waals surface area contributed by atoms with Gasteiger partial charge in [-0.2, -0.15) is 0 Å². The lowest BCUT2D eigenvalue weighted by Crippen LogP contribution is -2.51. The molecule has 12 heteroatoms. The molecule has 1 spiro atoms. The van der Waals surface area contributed by atoms with E-state index in [2.05, 4.69) is 4.98 Å². The molecule has 1 fully saturated rings. The van der Waals surface area contributed by atoms with E-state index in [0.717, 1.165) is 16.8 Å². The third-order valence-electron chi connectivity index (χ3n) is 7.52. The number of pyridine rings is 1. The fourth-order valence-corrected chi connectivity index (χ4v) is 6.50. The first-order chi connectivity index (χ1) is 18.8. The summed E-state index contributed by atoms with van der Waals surface area (Å²) in [5.41, 5.74) is 1.77. The van der Waals surface area contributed by atoms with Gasteiger partial charge in [0, 0.05) is 37.1 Å². The van der Waals surface area contributed by atoms with Gasteiger partial charge in [0.25, 0.3) is 0 Å². The number of piperidine rings is 1. The van der Waals surface area contributed by atoms with Crippen LogP contribution >= 0.6 is 11.6 Å². The SMILES string of the molecule is CC(C)(C)OC(=O)N1CCC2(CC1)C(=O)N(Cc1nc3cc(Cl)ccc3n1CCCS(C)(=O)=O)c1cnccc12. The van der Waals surface area contributed by atoms with E-state index in [1.807, 2.05) is 37.5 Å². The van der Waals surface area contributed by atoms with Crippen LogP contribution in [0.3, 0.4) is 0 Å². The summed E-state index contributed by atoms with van der Waals surface area (Å²) in [7, 11) is -3.13. The molecule has 0 saturated carbocycles. The Kier molecular flexibility index (Phi) is 7.33. The Balaban J connectivity index is 1.44. The Bertz CT molecular complexity index is 1570. The molecular weight excluding hydrogens is 554 g/mol. The minimum atomic E-state index is -3.13. The Morgan fingerprint density at radius 2 is 1.90 bits per heavy atom. The monoisotopic (exact) mass is 587 g/mol. The zero-order chi connectivity index (χ0) is 28.9. The third kappa shape index (κ3) is 5.54. The van der Waals surface area contributed by atoms with Crippen molar-refractivity contribution in [1.82, 2.24) is 19.4 Å². The summed E-state index contributed by atoms with van der Waals surface area (Å²) in [6.07, 6.45) is 5.60. The molecule has 2 aromatic heterocycles. The first kappa shape index (κ1) is 28.4. The Hall–Kier alpha value is -3.18. The van der Waals surface area contributed by atoms with Gasteiger partial charge in [-0.05, 0) is 69.9 Å². The van der Waals surface area contributed by atoms with Crippen molar-refractivity contribution in [3.05, 3.63) is 53.1 Å². The predicted octanol–water partition coefficient (Wildman–Crippen LogP) is 4.33. The molecule has 0 N–H and O–H groups in total. The molecule has 1 saturated heterocycles. The van der Waals surface area contributed by atoms with Crippen LogP contribution in [0, 0.1) is 0 Å². The largest absolute Gasteiger partial charge is 0.444 e. The van der Waals surface area contributed by atoms with Crippen molar-refractivity contribution in [2.45, 2.75) is 64.1 Å². The summed E-state index contributed by atoms with van der Waals surface area (Å²) in [6, 6.07) is 7.30. The third-order valence-corrected chi connectivity index (χ3v) is 8.78. The number of hydrogen-bond donors (Lipinski definition) is 0.